The van der Waals surface area contributed by atoms with Gasteiger partial charge in [0.05, 0.1) is 6.20 Å². The molecule has 0 saturated carbocycles. The van der Waals surface area contributed by atoms with Crippen LogP contribution in [0.25, 0.3) is 0 Å². The molecule has 0 amide bonds. The Morgan fingerprint density at radius 2 is 2.12 bits per heavy atom. The molecule has 1 N–H and O–H groups in total. The number of carboxylic acids is 1. The summed E-state index contributed by atoms with van der Waals surface area (Å²) in [5.74, 6) is -0.345. The van der Waals surface area contributed by atoms with Crippen molar-refractivity contribution in [2.24, 2.45) is 0 Å². The SMILES string of the molecule is O=C(O)c1cccc(Oc2cccnc2)n1. The van der Waals surface area contributed by atoms with Crippen LogP contribution in [-0.2, 0) is 0 Å². The molecule has 0 aromatic carbocycles. The Labute approximate surface area is 91.4 Å². The van der Waals surface area contributed by atoms with Gasteiger partial charge >= 0.3 is 5.97 Å². The second kappa shape index (κ2) is 4.39. The molecule has 2 heterocycles. The number of pyridine rings is 2. The minimum absolute atomic E-state index is 0.0543. The van der Waals surface area contributed by atoms with Gasteiger partial charge in [0.2, 0.25) is 5.88 Å². The summed E-state index contributed by atoms with van der Waals surface area (Å²) in [4.78, 5) is 18.4. The smallest absolute Gasteiger partial charge is 0.354 e. The molecule has 0 saturated heterocycles. The van der Waals surface area contributed by atoms with Crippen LogP contribution < -0.4 is 4.74 Å². The fourth-order valence-corrected chi connectivity index (χ4v) is 1.12. The van der Waals surface area contributed by atoms with Crippen LogP contribution in [-0.4, -0.2) is 21.0 Å². The monoisotopic (exact) mass is 216 g/mol. The van der Waals surface area contributed by atoms with E-state index in [0.29, 0.717) is 5.75 Å². The van der Waals surface area contributed by atoms with Crippen molar-refractivity contribution in [3.8, 4) is 11.6 Å². The van der Waals surface area contributed by atoms with Crippen LogP contribution in [0.2, 0.25) is 0 Å². The topological polar surface area (TPSA) is 72.3 Å². The van der Waals surface area contributed by atoms with Gasteiger partial charge in [-0.15, -0.1) is 0 Å². The zero-order chi connectivity index (χ0) is 11.4. The van der Waals surface area contributed by atoms with Gasteiger partial charge in [0, 0.05) is 12.3 Å². The van der Waals surface area contributed by atoms with Gasteiger partial charge in [0.1, 0.15) is 5.75 Å². The van der Waals surface area contributed by atoms with Gasteiger partial charge in [0.15, 0.2) is 5.69 Å². The van der Waals surface area contributed by atoms with E-state index in [1.807, 2.05) is 0 Å². The van der Waals surface area contributed by atoms with Crippen molar-refractivity contribution >= 4 is 5.97 Å². The van der Waals surface area contributed by atoms with E-state index in [4.69, 9.17) is 9.84 Å². The van der Waals surface area contributed by atoms with E-state index in [0.717, 1.165) is 0 Å². The Bertz CT molecular complexity index is 500. The van der Waals surface area contributed by atoms with Gasteiger partial charge in [-0.2, -0.15) is 0 Å². The van der Waals surface area contributed by atoms with Gasteiger partial charge in [-0.05, 0) is 18.2 Å². The lowest BCUT2D eigenvalue weighted by Gasteiger charge is -2.03. The molecule has 5 nitrogen and oxygen atoms in total. The molecular formula is C11H8N2O3. The number of hydrogen-bond acceptors (Lipinski definition) is 4. The third-order valence-corrected chi connectivity index (χ3v) is 1.80. The van der Waals surface area contributed by atoms with E-state index in [2.05, 4.69) is 9.97 Å². The first-order valence-corrected chi connectivity index (χ1v) is 4.54. The van der Waals surface area contributed by atoms with E-state index >= 15 is 0 Å². The Hall–Kier alpha value is -2.43. The average Bonchev–Trinajstić information content (AvgIpc) is 2.30. The van der Waals surface area contributed by atoms with Crippen LogP contribution in [0.3, 0.4) is 0 Å². The molecule has 80 valence electrons. The molecule has 0 unspecified atom stereocenters. The largest absolute Gasteiger partial charge is 0.477 e. The van der Waals surface area contributed by atoms with Crippen LogP contribution >= 0.6 is 0 Å². The van der Waals surface area contributed by atoms with Crippen LogP contribution in [0.5, 0.6) is 11.6 Å². The Balaban J connectivity index is 2.22. The number of ether oxygens (including phenoxy) is 1. The van der Waals surface area contributed by atoms with E-state index in [-0.39, 0.29) is 11.6 Å². The number of aromatic nitrogens is 2. The maximum Gasteiger partial charge on any atom is 0.354 e. The molecule has 0 spiro atoms. The second-order valence-corrected chi connectivity index (χ2v) is 2.96. The highest BCUT2D eigenvalue weighted by Gasteiger charge is 2.06. The Morgan fingerprint density at radius 3 is 2.81 bits per heavy atom. The quantitative estimate of drug-likeness (QED) is 0.849. The number of rotatable bonds is 3. The van der Waals surface area contributed by atoms with Gasteiger partial charge in [0.25, 0.3) is 0 Å². The molecule has 16 heavy (non-hydrogen) atoms. The maximum absolute atomic E-state index is 10.7. The average molecular weight is 216 g/mol. The lowest BCUT2D eigenvalue weighted by atomic mass is 10.3. The fraction of sp³-hybridized carbons (Fsp3) is 0. The summed E-state index contributed by atoms with van der Waals surface area (Å²) in [6.07, 6.45) is 3.14. The van der Waals surface area contributed by atoms with Gasteiger partial charge in [-0.25, -0.2) is 9.78 Å². The summed E-state index contributed by atoms with van der Waals surface area (Å²) in [7, 11) is 0. The number of hydrogen-bond donors (Lipinski definition) is 1. The highest BCUT2D eigenvalue weighted by atomic mass is 16.5. The molecular weight excluding hydrogens is 208 g/mol. The predicted octanol–water partition coefficient (Wildman–Crippen LogP) is 1.97. The van der Waals surface area contributed by atoms with Crippen LogP contribution in [0.4, 0.5) is 0 Å². The first-order chi connectivity index (χ1) is 7.75. The van der Waals surface area contributed by atoms with E-state index in [9.17, 15) is 4.79 Å². The van der Waals surface area contributed by atoms with Crippen molar-refractivity contribution in [2.45, 2.75) is 0 Å². The van der Waals surface area contributed by atoms with Crippen molar-refractivity contribution in [1.82, 2.24) is 9.97 Å². The van der Waals surface area contributed by atoms with Gasteiger partial charge in [-0.1, -0.05) is 6.07 Å². The minimum Gasteiger partial charge on any atom is -0.477 e. The van der Waals surface area contributed by atoms with E-state index in [1.54, 1.807) is 30.5 Å². The van der Waals surface area contributed by atoms with E-state index < -0.39 is 5.97 Å². The third kappa shape index (κ3) is 2.33. The Kier molecular flexibility index (Phi) is 2.77. The zero-order valence-corrected chi connectivity index (χ0v) is 8.20. The normalized spacial score (nSPS) is 9.75. The van der Waals surface area contributed by atoms with Crippen LogP contribution in [0.15, 0.2) is 42.7 Å². The zero-order valence-electron chi connectivity index (χ0n) is 8.20. The number of carbonyl (C=O) groups is 1. The first-order valence-electron chi connectivity index (χ1n) is 4.54. The van der Waals surface area contributed by atoms with Crippen molar-refractivity contribution in [3.63, 3.8) is 0 Å². The molecule has 0 aliphatic rings. The standard InChI is InChI=1S/C11H8N2O3/c14-11(15)9-4-1-5-10(13-9)16-8-3-2-6-12-7-8/h1-7H,(H,14,15). The lowest BCUT2D eigenvalue weighted by molar-refractivity contribution is 0.0689. The molecule has 2 aromatic heterocycles. The van der Waals surface area contributed by atoms with Crippen molar-refractivity contribution in [3.05, 3.63) is 48.4 Å². The summed E-state index contributed by atoms with van der Waals surface area (Å²) in [5, 5.41) is 8.74. The molecule has 0 aliphatic carbocycles. The molecule has 0 bridgehead atoms. The van der Waals surface area contributed by atoms with Crippen LogP contribution in [0, 0.1) is 0 Å². The predicted molar refractivity (Wildman–Crippen MR) is 55.5 cm³/mol. The first kappa shape index (κ1) is 10.1. The number of carboxylic acid groups (broad SMARTS) is 1. The van der Waals surface area contributed by atoms with Crippen molar-refractivity contribution in [1.29, 1.82) is 0 Å². The summed E-state index contributed by atoms with van der Waals surface area (Å²) < 4.78 is 5.33. The van der Waals surface area contributed by atoms with Gasteiger partial charge in [-0.3, -0.25) is 4.98 Å². The lowest BCUT2D eigenvalue weighted by Crippen LogP contribution is -2.00. The van der Waals surface area contributed by atoms with Gasteiger partial charge < -0.3 is 9.84 Å². The molecule has 5 heteroatoms. The summed E-state index contributed by atoms with van der Waals surface area (Å²) in [6.45, 7) is 0. The molecule has 0 aliphatic heterocycles. The molecule has 0 atom stereocenters. The summed E-state index contributed by atoms with van der Waals surface area (Å²) in [6, 6.07) is 7.98. The highest BCUT2D eigenvalue weighted by molar-refractivity contribution is 5.85. The number of nitrogens with zero attached hydrogens (tertiary/aromatic N) is 2. The Morgan fingerprint density at radius 1 is 1.25 bits per heavy atom. The third-order valence-electron chi connectivity index (χ3n) is 1.80. The fourth-order valence-electron chi connectivity index (χ4n) is 1.12. The van der Waals surface area contributed by atoms with E-state index in [1.165, 1.54) is 12.3 Å². The highest BCUT2D eigenvalue weighted by Crippen LogP contribution is 2.17. The number of aromatic carboxylic acids is 1. The summed E-state index contributed by atoms with van der Waals surface area (Å²) in [5.41, 5.74) is -0.0543. The molecule has 2 aromatic rings. The minimum atomic E-state index is -1.09. The molecule has 0 radical (unpaired) electrons. The van der Waals surface area contributed by atoms with Crippen LogP contribution in [0.1, 0.15) is 10.5 Å². The second-order valence-electron chi connectivity index (χ2n) is 2.96. The van der Waals surface area contributed by atoms with Crippen molar-refractivity contribution < 1.29 is 14.6 Å². The maximum atomic E-state index is 10.7. The summed E-state index contributed by atoms with van der Waals surface area (Å²) >= 11 is 0. The molecule has 2 rings (SSSR count). The van der Waals surface area contributed by atoms with Crippen molar-refractivity contribution in [2.75, 3.05) is 0 Å². The molecule has 0 fully saturated rings.